The molecule has 0 atom stereocenters. The summed E-state index contributed by atoms with van der Waals surface area (Å²) < 4.78 is 0. The molecule has 2 nitrogen and oxygen atoms in total. The number of benzene rings is 1. The van der Waals surface area contributed by atoms with Crippen LogP contribution in [0.3, 0.4) is 0 Å². The molecule has 18 heavy (non-hydrogen) atoms. The summed E-state index contributed by atoms with van der Waals surface area (Å²) in [5.74, 6) is -0.0496. The molecule has 1 N–H and O–H groups in total. The van der Waals surface area contributed by atoms with Crippen LogP contribution in [0.4, 0.5) is 0 Å². The van der Waals surface area contributed by atoms with Crippen LogP contribution < -0.4 is 5.32 Å². The van der Waals surface area contributed by atoms with Crippen molar-refractivity contribution in [2.45, 2.75) is 32.6 Å². The normalized spacial score (nSPS) is 10.8. The molecule has 0 spiro atoms. The van der Waals surface area contributed by atoms with E-state index in [1.54, 1.807) is 12.2 Å². The standard InChI is InChI=1S/C15H20ClNO/c1-2-3-4-5-11-17-15(18)10-9-13-7-6-8-14(16)12-13/h6-10,12H,2-5,11H2,1H3,(H,17,18). The minimum absolute atomic E-state index is 0.0496. The third-order valence-corrected chi connectivity index (χ3v) is 2.84. The lowest BCUT2D eigenvalue weighted by Gasteiger charge is -2.01. The molecule has 1 aromatic carbocycles. The Morgan fingerprint density at radius 1 is 1.33 bits per heavy atom. The van der Waals surface area contributed by atoms with Gasteiger partial charge in [0, 0.05) is 17.6 Å². The Balaban J connectivity index is 2.27. The first-order valence-electron chi connectivity index (χ1n) is 6.44. The molecule has 1 aromatic rings. The fourth-order valence-electron chi connectivity index (χ4n) is 1.60. The highest BCUT2D eigenvalue weighted by molar-refractivity contribution is 6.30. The van der Waals surface area contributed by atoms with Gasteiger partial charge in [0.25, 0.3) is 0 Å². The Bertz CT molecular complexity index is 401. The van der Waals surface area contributed by atoms with Crippen molar-refractivity contribution in [3.8, 4) is 0 Å². The van der Waals surface area contributed by atoms with Gasteiger partial charge in [-0.15, -0.1) is 0 Å². The third-order valence-electron chi connectivity index (χ3n) is 2.61. The second-order valence-corrected chi connectivity index (χ2v) is 4.68. The summed E-state index contributed by atoms with van der Waals surface area (Å²) in [5, 5.41) is 3.55. The Morgan fingerprint density at radius 3 is 2.89 bits per heavy atom. The molecule has 98 valence electrons. The number of nitrogens with one attached hydrogen (secondary N) is 1. The van der Waals surface area contributed by atoms with Gasteiger partial charge in [0.1, 0.15) is 0 Å². The van der Waals surface area contributed by atoms with Gasteiger partial charge >= 0.3 is 0 Å². The van der Waals surface area contributed by atoms with Crippen LogP contribution in [0.25, 0.3) is 6.08 Å². The highest BCUT2D eigenvalue weighted by Crippen LogP contribution is 2.11. The summed E-state index contributed by atoms with van der Waals surface area (Å²) in [5.41, 5.74) is 0.934. The summed E-state index contributed by atoms with van der Waals surface area (Å²) in [7, 11) is 0. The zero-order chi connectivity index (χ0) is 13.2. The minimum Gasteiger partial charge on any atom is -0.353 e. The van der Waals surface area contributed by atoms with E-state index in [4.69, 9.17) is 11.6 Å². The third kappa shape index (κ3) is 6.45. The predicted octanol–water partition coefficient (Wildman–Crippen LogP) is 4.05. The minimum atomic E-state index is -0.0496. The Hall–Kier alpha value is -1.28. The molecule has 1 amide bonds. The SMILES string of the molecule is CCCCCCNC(=O)C=Cc1cccc(Cl)c1. The summed E-state index contributed by atoms with van der Waals surface area (Å²) in [4.78, 5) is 11.5. The fraction of sp³-hybridized carbons (Fsp3) is 0.400. The number of unbranched alkanes of at least 4 members (excludes halogenated alkanes) is 3. The molecule has 0 saturated heterocycles. The maximum Gasteiger partial charge on any atom is 0.243 e. The number of amides is 1. The molecule has 0 aromatic heterocycles. The van der Waals surface area contributed by atoms with Gasteiger partial charge in [-0.3, -0.25) is 4.79 Å². The number of hydrogen-bond donors (Lipinski definition) is 1. The molecule has 0 unspecified atom stereocenters. The first kappa shape index (κ1) is 14.8. The molecule has 0 heterocycles. The number of carbonyl (C=O) groups is 1. The lowest BCUT2D eigenvalue weighted by molar-refractivity contribution is -0.116. The first-order valence-corrected chi connectivity index (χ1v) is 6.81. The monoisotopic (exact) mass is 265 g/mol. The van der Waals surface area contributed by atoms with Crippen molar-refractivity contribution >= 4 is 23.6 Å². The number of rotatable bonds is 7. The molecule has 0 radical (unpaired) electrons. The number of carbonyl (C=O) groups excluding carboxylic acids is 1. The Labute approximate surface area is 114 Å². The van der Waals surface area contributed by atoms with Crippen molar-refractivity contribution < 1.29 is 4.79 Å². The fourth-order valence-corrected chi connectivity index (χ4v) is 1.80. The van der Waals surface area contributed by atoms with Crippen LogP contribution in [0.2, 0.25) is 5.02 Å². The molecule has 0 aliphatic heterocycles. The lowest BCUT2D eigenvalue weighted by atomic mass is 10.2. The van der Waals surface area contributed by atoms with E-state index in [-0.39, 0.29) is 5.91 Å². The van der Waals surface area contributed by atoms with E-state index in [2.05, 4.69) is 12.2 Å². The van der Waals surface area contributed by atoms with Gasteiger partial charge in [-0.05, 0) is 30.2 Å². The Kier molecular flexibility index (Phi) is 7.19. The van der Waals surface area contributed by atoms with Gasteiger partial charge in [0.05, 0.1) is 0 Å². The zero-order valence-electron chi connectivity index (χ0n) is 10.8. The van der Waals surface area contributed by atoms with Crippen LogP contribution in [0.1, 0.15) is 38.2 Å². The van der Waals surface area contributed by atoms with Gasteiger partial charge < -0.3 is 5.32 Å². The van der Waals surface area contributed by atoms with E-state index < -0.39 is 0 Å². The van der Waals surface area contributed by atoms with Crippen LogP contribution in [-0.4, -0.2) is 12.5 Å². The van der Waals surface area contributed by atoms with E-state index in [1.165, 1.54) is 19.3 Å². The van der Waals surface area contributed by atoms with E-state index in [1.807, 2.05) is 24.3 Å². The van der Waals surface area contributed by atoms with Crippen molar-refractivity contribution in [3.05, 3.63) is 40.9 Å². The quantitative estimate of drug-likeness (QED) is 0.585. The van der Waals surface area contributed by atoms with E-state index >= 15 is 0 Å². The number of hydrogen-bond acceptors (Lipinski definition) is 1. The first-order chi connectivity index (χ1) is 8.72. The smallest absolute Gasteiger partial charge is 0.243 e. The van der Waals surface area contributed by atoms with Crippen LogP contribution in [-0.2, 0) is 4.79 Å². The lowest BCUT2D eigenvalue weighted by Crippen LogP contribution is -2.21. The highest BCUT2D eigenvalue weighted by atomic mass is 35.5. The number of halogens is 1. The largest absolute Gasteiger partial charge is 0.353 e. The molecule has 0 fully saturated rings. The van der Waals surface area contributed by atoms with Crippen molar-refractivity contribution in [1.82, 2.24) is 5.32 Å². The Morgan fingerprint density at radius 2 is 2.17 bits per heavy atom. The molecular formula is C15H20ClNO. The van der Waals surface area contributed by atoms with Crippen LogP contribution in [0, 0.1) is 0 Å². The molecule has 0 bridgehead atoms. The maximum absolute atomic E-state index is 11.5. The van der Waals surface area contributed by atoms with E-state index in [0.29, 0.717) is 5.02 Å². The molecule has 0 aliphatic carbocycles. The predicted molar refractivity (Wildman–Crippen MR) is 77.6 cm³/mol. The summed E-state index contributed by atoms with van der Waals surface area (Å²) in [6.45, 7) is 2.92. The van der Waals surface area contributed by atoms with E-state index in [0.717, 1.165) is 18.5 Å². The molecular weight excluding hydrogens is 246 g/mol. The second-order valence-electron chi connectivity index (χ2n) is 4.24. The van der Waals surface area contributed by atoms with E-state index in [9.17, 15) is 4.79 Å². The maximum atomic E-state index is 11.5. The van der Waals surface area contributed by atoms with Gasteiger partial charge in [0.15, 0.2) is 0 Å². The molecule has 3 heteroatoms. The summed E-state index contributed by atoms with van der Waals surface area (Å²) >= 11 is 5.86. The molecule has 0 saturated carbocycles. The van der Waals surface area contributed by atoms with Crippen molar-refractivity contribution in [2.24, 2.45) is 0 Å². The second kappa shape index (κ2) is 8.76. The average molecular weight is 266 g/mol. The van der Waals surface area contributed by atoms with Crippen LogP contribution in [0.15, 0.2) is 30.3 Å². The van der Waals surface area contributed by atoms with Crippen molar-refractivity contribution in [1.29, 1.82) is 0 Å². The zero-order valence-corrected chi connectivity index (χ0v) is 11.5. The van der Waals surface area contributed by atoms with Crippen LogP contribution >= 0.6 is 11.6 Å². The summed E-state index contributed by atoms with van der Waals surface area (Å²) in [6.07, 6.45) is 7.98. The van der Waals surface area contributed by atoms with Crippen molar-refractivity contribution in [2.75, 3.05) is 6.54 Å². The van der Waals surface area contributed by atoms with Gasteiger partial charge in [-0.2, -0.15) is 0 Å². The van der Waals surface area contributed by atoms with Gasteiger partial charge in [0.2, 0.25) is 5.91 Å². The molecule has 1 rings (SSSR count). The average Bonchev–Trinajstić information content (AvgIpc) is 2.36. The summed E-state index contributed by atoms with van der Waals surface area (Å²) in [6, 6.07) is 7.42. The highest BCUT2D eigenvalue weighted by Gasteiger charge is 1.95. The topological polar surface area (TPSA) is 29.1 Å². The van der Waals surface area contributed by atoms with Crippen molar-refractivity contribution in [3.63, 3.8) is 0 Å². The molecule has 0 aliphatic rings. The van der Waals surface area contributed by atoms with Crippen LogP contribution in [0.5, 0.6) is 0 Å². The van der Waals surface area contributed by atoms with Gasteiger partial charge in [-0.25, -0.2) is 0 Å². The van der Waals surface area contributed by atoms with Gasteiger partial charge in [-0.1, -0.05) is 49.9 Å².